The Balaban J connectivity index is 0.00000280. The maximum Gasteiger partial charge on any atom is 0.175 e. The van der Waals surface area contributed by atoms with E-state index in [4.69, 9.17) is 10.7 Å². The standard InChI is InChI=1S/C20H22FN3O2S.ClH/c1-3-19-23-20-17(14-6-4-7-16(12-14)27(2,25)26)8-5-9-18(20)24(19)13-15(21)10-11-22;/h4-10,12H,3,11,13,22H2,1-2H3;1H/b15-10-;. The molecule has 0 saturated heterocycles. The van der Waals surface area contributed by atoms with Crippen molar-refractivity contribution in [3.63, 3.8) is 0 Å². The third-order valence-corrected chi connectivity index (χ3v) is 5.51. The highest BCUT2D eigenvalue weighted by atomic mass is 35.5. The average Bonchev–Trinajstić information content (AvgIpc) is 2.99. The monoisotopic (exact) mass is 423 g/mol. The number of rotatable bonds is 6. The van der Waals surface area contributed by atoms with E-state index in [1.54, 1.807) is 18.2 Å². The summed E-state index contributed by atoms with van der Waals surface area (Å²) in [5.41, 5.74) is 8.50. The molecule has 0 aliphatic heterocycles. The van der Waals surface area contributed by atoms with E-state index in [9.17, 15) is 12.8 Å². The van der Waals surface area contributed by atoms with Crippen LogP contribution in [0.1, 0.15) is 12.7 Å². The number of para-hydroxylation sites is 1. The highest BCUT2D eigenvalue weighted by molar-refractivity contribution is 7.90. The largest absolute Gasteiger partial charge is 0.327 e. The van der Waals surface area contributed by atoms with Gasteiger partial charge in [-0.1, -0.05) is 31.2 Å². The number of nitrogens with two attached hydrogens (primary N) is 1. The van der Waals surface area contributed by atoms with Crippen LogP contribution in [0.2, 0.25) is 0 Å². The highest BCUT2D eigenvalue weighted by Crippen LogP contribution is 2.31. The summed E-state index contributed by atoms with van der Waals surface area (Å²) >= 11 is 0. The van der Waals surface area contributed by atoms with E-state index in [2.05, 4.69) is 0 Å². The van der Waals surface area contributed by atoms with Crippen LogP contribution in [0.15, 0.2) is 59.3 Å². The first-order chi connectivity index (χ1) is 12.8. The Hall–Kier alpha value is -2.22. The van der Waals surface area contributed by atoms with E-state index in [1.165, 1.54) is 12.3 Å². The van der Waals surface area contributed by atoms with Crippen molar-refractivity contribution in [3.05, 3.63) is 60.2 Å². The highest BCUT2D eigenvalue weighted by Gasteiger charge is 2.16. The number of fused-ring (bicyclic) bond motifs is 1. The summed E-state index contributed by atoms with van der Waals surface area (Å²) in [5, 5.41) is 0. The fourth-order valence-electron chi connectivity index (χ4n) is 3.11. The molecule has 3 rings (SSSR count). The number of aromatic nitrogens is 2. The zero-order valence-corrected chi connectivity index (χ0v) is 17.4. The molecular weight excluding hydrogens is 401 g/mol. The van der Waals surface area contributed by atoms with Gasteiger partial charge in [0.05, 0.1) is 22.5 Å². The van der Waals surface area contributed by atoms with Gasteiger partial charge >= 0.3 is 0 Å². The summed E-state index contributed by atoms with van der Waals surface area (Å²) < 4.78 is 39.7. The van der Waals surface area contributed by atoms with Gasteiger partial charge in [0.25, 0.3) is 0 Å². The second-order valence-electron chi connectivity index (χ2n) is 6.33. The van der Waals surface area contributed by atoms with Gasteiger partial charge in [0.15, 0.2) is 9.84 Å². The first kappa shape index (κ1) is 22.1. The molecule has 0 unspecified atom stereocenters. The van der Waals surface area contributed by atoms with E-state index in [-0.39, 0.29) is 36.2 Å². The summed E-state index contributed by atoms with van der Waals surface area (Å²) in [6, 6.07) is 12.4. The normalized spacial score (nSPS) is 12.2. The Morgan fingerprint density at radius 1 is 1.25 bits per heavy atom. The Morgan fingerprint density at radius 3 is 2.61 bits per heavy atom. The predicted octanol–water partition coefficient (Wildman–Crippen LogP) is 3.90. The summed E-state index contributed by atoms with van der Waals surface area (Å²) in [5.74, 6) is 0.452. The summed E-state index contributed by atoms with van der Waals surface area (Å²) in [6.45, 7) is 2.18. The Labute approximate surface area is 170 Å². The lowest BCUT2D eigenvalue weighted by Crippen LogP contribution is -2.05. The third kappa shape index (κ3) is 4.43. The Bertz CT molecular complexity index is 1120. The van der Waals surface area contributed by atoms with E-state index < -0.39 is 9.84 Å². The minimum atomic E-state index is -3.31. The van der Waals surface area contributed by atoms with Crippen LogP contribution in [0.5, 0.6) is 0 Å². The van der Waals surface area contributed by atoms with Gasteiger partial charge in [0.1, 0.15) is 11.7 Å². The smallest absolute Gasteiger partial charge is 0.175 e. The van der Waals surface area contributed by atoms with Crippen LogP contribution in [0.4, 0.5) is 4.39 Å². The van der Waals surface area contributed by atoms with Crippen LogP contribution in [0.25, 0.3) is 22.2 Å². The Morgan fingerprint density at radius 2 is 1.96 bits per heavy atom. The lowest BCUT2D eigenvalue weighted by atomic mass is 10.0. The van der Waals surface area contributed by atoms with Crippen molar-refractivity contribution in [1.29, 1.82) is 0 Å². The van der Waals surface area contributed by atoms with Crippen molar-refractivity contribution in [3.8, 4) is 11.1 Å². The molecule has 0 saturated carbocycles. The van der Waals surface area contributed by atoms with Crippen LogP contribution in [0.3, 0.4) is 0 Å². The molecule has 150 valence electrons. The average molecular weight is 424 g/mol. The van der Waals surface area contributed by atoms with Crippen molar-refractivity contribution in [2.24, 2.45) is 5.73 Å². The van der Waals surface area contributed by atoms with Crippen LogP contribution in [0, 0.1) is 0 Å². The molecule has 3 aromatic rings. The number of imidazole rings is 1. The van der Waals surface area contributed by atoms with Crippen molar-refractivity contribution in [2.75, 3.05) is 12.8 Å². The number of nitrogens with zero attached hydrogens (tertiary/aromatic N) is 2. The third-order valence-electron chi connectivity index (χ3n) is 4.40. The molecule has 0 aliphatic rings. The van der Waals surface area contributed by atoms with Crippen molar-refractivity contribution < 1.29 is 12.8 Å². The first-order valence-electron chi connectivity index (χ1n) is 8.68. The lowest BCUT2D eigenvalue weighted by molar-refractivity contribution is 0.549. The van der Waals surface area contributed by atoms with Crippen molar-refractivity contribution in [2.45, 2.75) is 24.8 Å². The van der Waals surface area contributed by atoms with Gasteiger partial charge < -0.3 is 10.3 Å². The van der Waals surface area contributed by atoms with E-state index >= 15 is 0 Å². The van der Waals surface area contributed by atoms with Crippen LogP contribution in [-0.4, -0.2) is 30.8 Å². The van der Waals surface area contributed by atoms with Crippen LogP contribution in [-0.2, 0) is 22.8 Å². The zero-order chi connectivity index (χ0) is 19.6. The van der Waals surface area contributed by atoms with Crippen LogP contribution >= 0.6 is 12.4 Å². The minimum absolute atomic E-state index is 0. The molecular formula is C20H23ClFN3O2S. The molecule has 0 atom stereocenters. The molecule has 28 heavy (non-hydrogen) atoms. The topological polar surface area (TPSA) is 78.0 Å². The maximum atomic E-state index is 14.1. The SMILES string of the molecule is CCc1nc2c(-c3cccc(S(C)(=O)=O)c3)cccc2n1C/C(F)=C/CN.Cl. The molecule has 2 N–H and O–H groups in total. The number of benzene rings is 2. The zero-order valence-electron chi connectivity index (χ0n) is 15.7. The van der Waals surface area contributed by atoms with E-state index in [0.29, 0.717) is 6.42 Å². The molecule has 8 heteroatoms. The summed E-state index contributed by atoms with van der Waals surface area (Å²) in [7, 11) is -3.31. The molecule has 0 amide bonds. The molecule has 0 bridgehead atoms. The molecule has 2 aromatic carbocycles. The fourth-order valence-corrected chi connectivity index (χ4v) is 3.78. The molecule has 1 heterocycles. The molecule has 0 radical (unpaired) electrons. The van der Waals surface area contributed by atoms with Crippen molar-refractivity contribution in [1.82, 2.24) is 9.55 Å². The molecule has 0 aliphatic carbocycles. The second kappa shape index (κ2) is 8.86. The number of aryl methyl sites for hydroxylation is 1. The first-order valence-corrected chi connectivity index (χ1v) is 10.6. The predicted molar refractivity (Wildman–Crippen MR) is 113 cm³/mol. The number of hydrogen-bond acceptors (Lipinski definition) is 4. The summed E-state index contributed by atoms with van der Waals surface area (Å²) in [6.07, 6.45) is 3.18. The maximum absolute atomic E-state index is 14.1. The lowest BCUT2D eigenvalue weighted by Gasteiger charge is -2.08. The summed E-state index contributed by atoms with van der Waals surface area (Å²) in [4.78, 5) is 4.95. The fraction of sp³-hybridized carbons (Fsp3) is 0.250. The minimum Gasteiger partial charge on any atom is -0.327 e. The molecule has 1 aromatic heterocycles. The second-order valence-corrected chi connectivity index (χ2v) is 8.34. The quantitative estimate of drug-likeness (QED) is 0.652. The number of sulfone groups is 1. The van der Waals surface area contributed by atoms with Gasteiger partial charge in [0.2, 0.25) is 0 Å². The number of allylic oxidation sites excluding steroid dienone is 1. The molecule has 0 spiro atoms. The van der Waals surface area contributed by atoms with Gasteiger partial charge in [0, 0.05) is 24.8 Å². The Kier molecular flexibility index (Phi) is 6.98. The van der Waals surface area contributed by atoms with Gasteiger partial charge in [-0.15, -0.1) is 12.4 Å². The van der Waals surface area contributed by atoms with Gasteiger partial charge in [-0.3, -0.25) is 0 Å². The van der Waals surface area contributed by atoms with E-state index in [0.717, 1.165) is 28.0 Å². The van der Waals surface area contributed by atoms with Gasteiger partial charge in [-0.25, -0.2) is 17.8 Å². The van der Waals surface area contributed by atoms with Crippen LogP contribution < -0.4 is 5.73 Å². The number of halogens is 2. The number of hydrogen-bond donors (Lipinski definition) is 1. The molecule has 5 nitrogen and oxygen atoms in total. The van der Waals surface area contributed by atoms with E-state index in [1.807, 2.05) is 35.8 Å². The van der Waals surface area contributed by atoms with Gasteiger partial charge in [-0.05, 0) is 29.8 Å². The van der Waals surface area contributed by atoms with Crippen molar-refractivity contribution >= 4 is 33.3 Å². The van der Waals surface area contributed by atoms with Gasteiger partial charge in [-0.2, -0.15) is 0 Å². The molecule has 0 fully saturated rings.